The molecule has 0 N–H and O–H groups in total. The van der Waals surface area contributed by atoms with Gasteiger partial charge < -0.3 is 9.47 Å². The van der Waals surface area contributed by atoms with Crippen molar-refractivity contribution in [3.8, 4) is 11.8 Å². The molecule has 4 heteroatoms. The van der Waals surface area contributed by atoms with Crippen LogP contribution in [0.3, 0.4) is 0 Å². The normalized spacial score (nSPS) is 16.6. The van der Waals surface area contributed by atoms with Gasteiger partial charge in [0.05, 0.1) is 26.4 Å². The number of carbonyl (C=O) groups is 1. The summed E-state index contributed by atoms with van der Waals surface area (Å²) >= 11 is 0. The minimum atomic E-state index is -0.994. The summed E-state index contributed by atoms with van der Waals surface area (Å²) in [6.45, 7) is 4.10. The molecule has 1 saturated heterocycles. The van der Waals surface area contributed by atoms with Crippen LogP contribution in [0, 0.1) is 30.6 Å². The fourth-order valence-corrected chi connectivity index (χ4v) is 2.06. The van der Waals surface area contributed by atoms with E-state index < -0.39 is 5.41 Å². The molecule has 1 aliphatic rings. The van der Waals surface area contributed by atoms with Crippen LogP contribution >= 0.6 is 0 Å². The van der Waals surface area contributed by atoms with Crippen molar-refractivity contribution in [3.63, 3.8) is 0 Å². The van der Waals surface area contributed by atoms with Crippen molar-refractivity contribution in [3.05, 3.63) is 28.8 Å². The molecule has 0 bridgehead atoms. The molecular weight excluding hydrogens is 230 g/mol. The Kier molecular flexibility index (Phi) is 3.10. The number of methoxy groups -OCH3 is 1. The number of rotatable bonds is 3. The monoisotopic (exact) mass is 245 g/mol. The van der Waals surface area contributed by atoms with Gasteiger partial charge in [-0.15, -0.1) is 0 Å². The quantitative estimate of drug-likeness (QED) is 0.764. The molecule has 0 aromatic heterocycles. The van der Waals surface area contributed by atoms with Crippen LogP contribution in [0.4, 0.5) is 0 Å². The summed E-state index contributed by atoms with van der Waals surface area (Å²) in [4.78, 5) is 12.4. The van der Waals surface area contributed by atoms with Crippen LogP contribution in [0.15, 0.2) is 12.1 Å². The first kappa shape index (κ1) is 12.6. The molecule has 0 atom stereocenters. The highest BCUT2D eigenvalue weighted by Gasteiger charge is 2.47. The van der Waals surface area contributed by atoms with Crippen molar-refractivity contribution in [1.82, 2.24) is 0 Å². The number of Topliss-reactive ketones (excluding diaryl/α,β-unsaturated/α-hetero) is 1. The molecule has 0 amide bonds. The molecule has 0 saturated carbocycles. The topological polar surface area (TPSA) is 59.3 Å². The lowest BCUT2D eigenvalue weighted by Crippen LogP contribution is -2.48. The zero-order chi connectivity index (χ0) is 13.3. The summed E-state index contributed by atoms with van der Waals surface area (Å²) in [5.41, 5.74) is 1.30. The highest BCUT2D eigenvalue weighted by atomic mass is 16.5. The van der Waals surface area contributed by atoms with Crippen molar-refractivity contribution in [2.75, 3.05) is 20.3 Å². The highest BCUT2D eigenvalue weighted by Crippen LogP contribution is 2.33. The predicted octanol–water partition coefficient (Wildman–Crippen LogP) is 2.03. The van der Waals surface area contributed by atoms with Crippen LogP contribution in [-0.4, -0.2) is 26.1 Å². The average molecular weight is 245 g/mol. The number of benzene rings is 1. The second kappa shape index (κ2) is 4.43. The minimum absolute atomic E-state index is 0.153. The molecule has 1 aliphatic heterocycles. The molecule has 0 radical (unpaired) electrons. The molecule has 94 valence electrons. The van der Waals surface area contributed by atoms with E-state index in [4.69, 9.17) is 14.7 Å². The maximum Gasteiger partial charge on any atom is 0.188 e. The van der Waals surface area contributed by atoms with Gasteiger partial charge >= 0.3 is 0 Å². The van der Waals surface area contributed by atoms with Gasteiger partial charge in [-0.05, 0) is 37.1 Å². The largest absolute Gasteiger partial charge is 0.496 e. The van der Waals surface area contributed by atoms with E-state index in [1.165, 1.54) is 0 Å². The Balaban J connectivity index is 2.43. The van der Waals surface area contributed by atoms with Crippen LogP contribution in [0.5, 0.6) is 5.75 Å². The minimum Gasteiger partial charge on any atom is -0.496 e. The smallest absolute Gasteiger partial charge is 0.188 e. The number of hydrogen-bond acceptors (Lipinski definition) is 4. The van der Waals surface area contributed by atoms with Gasteiger partial charge in [-0.1, -0.05) is 0 Å². The zero-order valence-electron chi connectivity index (χ0n) is 10.7. The van der Waals surface area contributed by atoms with Crippen molar-refractivity contribution in [2.24, 2.45) is 5.41 Å². The Labute approximate surface area is 106 Å². The zero-order valence-corrected chi connectivity index (χ0v) is 10.7. The first-order valence-corrected chi connectivity index (χ1v) is 5.73. The van der Waals surface area contributed by atoms with E-state index in [1.807, 2.05) is 19.9 Å². The van der Waals surface area contributed by atoms with E-state index in [0.717, 1.165) is 16.9 Å². The fourth-order valence-electron chi connectivity index (χ4n) is 2.06. The van der Waals surface area contributed by atoms with E-state index in [2.05, 4.69) is 6.07 Å². The molecule has 0 spiro atoms. The third-order valence-electron chi connectivity index (χ3n) is 3.33. The lowest BCUT2D eigenvalue weighted by molar-refractivity contribution is -0.0566. The Morgan fingerprint density at radius 3 is 2.50 bits per heavy atom. The molecule has 1 fully saturated rings. The maximum atomic E-state index is 12.4. The average Bonchev–Trinajstić information content (AvgIpc) is 2.30. The number of nitriles is 1. The highest BCUT2D eigenvalue weighted by molar-refractivity contribution is 6.04. The molecule has 0 unspecified atom stereocenters. The first-order valence-electron chi connectivity index (χ1n) is 5.73. The Morgan fingerprint density at radius 1 is 1.39 bits per heavy atom. The van der Waals surface area contributed by atoms with Crippen molar-refractivity contribution >= 4 is 5.78 Å². The SMILES string of the molecule is COc1cc(C)c(C(=O)C2(C#N)COC2)cc1C. The van der Waals surface area contributed by atoms with Gasteiger partial charge in [0.15, 0.2) is 11.2 Å². The third-order valence-corrected chi connectivity index (χ3v) is 3.33. The number of ether oxygens (including phenoxy) is 2. The van der Waals surface area contributed by atoms with Gasteiger partial charge in [0.1, 0.15) is 5.75 Å². The van der Waals surface area contributed by atoms with Crippen LogP contribution < -0.4 is 4.74 Å². The third kappa shape index (κ3) is 1.77. The number of ketones is 1. The fraction of sp³-hybridized carbons (Fsp3) is 0.429. The van der Waals surface area contributed by atoms with E-state index >= 15 is 0 Å². The maximum absolute atomic E-state index is 12.4. The van der Waals surface area contributed by atoms with Gasteiger partial charge in [0, 0.05) is 5.56 Å². The van der Waals surface area contributed by atoms with Gasteiger partial charge in [0.2, 0.25) is 0 Å². The summed E-state index contributed by atoms with van der Waals surface area (Å²) in [5.74, 6) is 0.597. The molecule has 0 aliphatic carbocycles. The van der Waals surface area contributed by atoms with Gasteiger partial charge in [0.25, 0.3) is 0 Å². The molecule has 1 heterocycles. The Hall–Kier alpha value is -1.86. The van der Waals surface area contributed by atoms with E-state index in [0.29, 0.717) is 5.56 Å². The summed E-state index contributed by atoms with van der Waals surface area (Å²) in [5, 5.41) is 9.15. The van der Waals surface area contributed by atoms with Gasteiger partial charge in [-0.25, -0.2) is 0 Å². The Bertz CT molecular complexity index is 539. The molecule has 1 aromatic rings. The summed E-state index contributed by atoms with van der Waals surface area (Å²) in [7, 11) is 1.60. The summed E-state index contributed by atoms with van der Waals surface area (Å²) in [6, 6.07) is 5.69. The first-order chi connectivity index (χ1) is 8.54. The lowest BCUT2D eigenvalue weighted by Gasteiger charge is -2.33. The van der Waals surface area contributed by atoms with Gasteiger partial charge in [-0.3, -0.25) is 4.79 Å². The van der Waals surface area contributed by atoms with Gasteiger partial charge in [-0.2, -0.15) is 5.26 Å². The number of carbonyl (C=O) groups excluding carboxylic acids is 1. The Morgan fingerprint density at radius 2 is 2.06 bits per heavy atom. The standard InChI is InChI=1S/C14H15NO3/c1-9-5-12(17-3)10(2)4-11(9)13(16)14(6-15)7-18-8-14/h4-5H,7-8H2,1-3H3. The molecule has 2 rings (SSSR count). The summed E-state index contributed by atoms with van der Waals surface area (Å²) < 4.78 is 10.2. The molecule has 18 heavy (non-hydrogen) atoms. The van der Waals surface area contributed by atoms with Crippen molar-refractivity contribution < 1.29 is 14.3 Å². The number of hydrogen-bond donors (Lipinski definition) is 0. The van der Waals surface area contributed by atoms with Crippen LogP contribution in [-0.2, 0) is 4.74 Å². The number of aryl methyl sites for hydroxylation is 2. The van der Waals surface area contributed by atoms with Crippen LogP contribution in [0.1, 0.15) is 21.5 Å². The van der Waals surface area contributed by atoms with Crippen molar-refractivity contribution in [1.29, 1.82) is 5.26 Å². The van der Waals surface area contributed by atoms with E-state index in [-0.39, 0.29) is 19.0 Å². The van der Waals surface area contributed by atoms with Crippen LogP contribution in [0.2, 0.25) is 0 Å². The predicted molar refractivity (Wildman–Crippen MR) is 65.7 cm³/mol. The molecular formula is C14H15NO3. The molecule has 1 aromatic carbocycles. The van der Waals surface area contributed by atoms with Crippen LogP contribution in [0.25, 0.3) is 0 Å². The van der Waals surface area contributed by atoms with Crippen molar-refractivity contribution in [2.45, 2.75) is 13.8 Å². The second-order valence-corrected chi connectivity index (χ2v) is 4.65. The number of nitrogens with zero attached hydrogens (tertiary/aromatic N) is 1. The second-order valence-electron chi connectivity index (χ2n) is 4.65. The molecule has 4 nitrogen and oxygen atoms in total. The summed E-state index contributed by atoms with van der Waals surface area (Å²) in [6.07, 6.45) is 0. The van der Waals surface area contributed by atoms with E-state index in [1.54, 1.807) is 13.2 Å². The van der Waals surface area contributed by atoms with E-state index in [9.17, 15) is 4.79 Å². The lowest BCUT2D eigenvalue weighted by atomic mass is 9.78.